The van der Waals surface area contributed by atoms with Gasteiger partial charge in [-0.15, -0.1) is 0 Å². The van der Waals surface area contributed by atoms with Gasteiger partial charge in [0.25, 0.3) is 0 Å². The van der Waals surface area contributed by atoms with E-state index in [1.807, 2.05) is 0 Å². The minimum atomic E-state index is 0.806. The quantitative estimate of drug-likeness (QED) is 0.564. The Hall–Kier alpha value is -0.0400. The molecule has 1 heteroatoms. The molecule has 0 aromatic carbocycles. The average molecular weight is 239 g/mol. The fourth-order valence-electron chi connectivity index (χ4n) is 3.23. The Kier molecular flexibility index (Phi) is 8.78. The lowest BCUT2D eigenvalue weighted by Crippen LogP contribution is -2.31. The van der Waals surface area contributed by atoms with Gasteiger partial charge in [-0.1, -0.05) is 71.6 Å². The molecule has 102 valence electrons. The molecule has 1 unspecified atom stereocenters. The largest absolute Gasteiger partial charge is 0.314 e. The van der Waals surface area contributed by atoms with Crippen molar-refractivity contribution >= 4 is 0 Å². The summed E-state index contributed by atoms with van der Waals surface area (Å²) < 4.78 is 0. The molecular weight excluding hydrogens is 206 g/mol. The first-order chi connectivity index (χ1) is 8.36. The van der Waals surface area contributed by atoms with E-state index in [1.165, 1.54) is 70.6 Å². The number of hydrogen-bond donors (Lipinski definition) is 1. The van der Waals surface area contributed by atoms with Crippen molar-refractivity contribution in [2.24, 2.45) is 5.92 Å². The van der Waals surface area contributed by atoms with E-state index in [1.54, 1.807) is 0 Å². The molecule has 0 heterocycles. The summed E-state index contributed by atoms with van der Waals surface area (Å²) in [6.07, 6.45) is 15.9. The van der Waals surface area contributed by atoms with Crippen LogP contribution in [0.2, 0.25) is 0 Å². The Morgan fingerprint density at radius 2 is 1.76 bits per heavy atom. The monoisotopic (exact) mass is 239 g/mol. The number of nitrogens with one attached hydrogen (secondary N) is 1. The van der Waals surface area contributed by atoms with Crippen LogP contribution in [0.25, 0.3) is 0 Å². The lowest BCUT2D eigenvalue weighted by molar-refractivity contribution is 0.289. The molecule has 1 saturated carbocycles. The molecule has 0 saturated heterocycles. The first-order valence-corrected chi connectivity index (χ1v) is 8.10. The molecule has 0 aliphatic heterocycles. The Labute approximate surface area is 109 Å². The number of unbranched alkanes of at least 4 members (excludes halogenated alkanes) is 3. The molecule has 17 heavy (non-hydrogen) atoms. The number of hydrogen-bond acceptors (Lipinski definition) is 1. The average Bonchev–Trinajstić information content (AvgIpc) is 2.36. The molecule has 0 amide bonds. The predicted octanol–water partition coefficient (Wildman–Crippen LogP) is 4.91. The van der Waals surface area contributed by atoms with Gasteiger partial charge in [0.05, 0.1) is 0 Å². The van der Waals surface area contributed by atoms with E-state index in [0.29, 0.717) is 0 Å². The van der Waals surface area contributed by atoms with E-state index in [0.717, 1.165) is 18.5 Å². The number of rotatable bonds is 9. The highest BCUT2D eigenvalue weighted by atomic mass is 14.9. The minimum Gasteiger partial charge on any atom is -0.314 e. The highest BCUT2D eigenvalue weighted by Gasteiger charge is 2.17. The molecular formula is C16H33N. The van der Waals surface area contributed by atoms with Gasteiger partial charge >= 0.3 is 0 Å². The van der Waals surface area contributed by atoms with Crippen LogP contribution in [0.3, 0.4) is 0 Å². The fraction of sp³-hybridized carbons (Fsp3) is 1.00. The van der Waals surface area contributed by atoms with Gasteiger partial charge in [0.1, 0.15) is 0 Å². The van der Waals surface area contributed by atoms with Crippen molar-refractivity contribution in [1.29, 1.82) is 0 Å². The molecule has 1 nitrogen and oxygen atoms in total. The molecule has 1 aliphatic rings. The van der Waals surface area contributed by atoms with Gasteiger partial charge in [0.2, 0.25) is 0 Å². The van der Waals surface area contributed by atoms with Crippen LogP contribution in [-0.2, 0) is 0 Å². The van der Waals surface area contributed by atoms with Gasteiger partial charge in [0.15, 0.2) is 0 Å². The van der Waals surface area contributed by atoms with Crippen LogP contribution in [-0.4, -0.2) is 12.6 Å². The van der Waals surface area contributed by atoms with Gasteiger partial charge in [-0.05, 0) is 25.3 Å². The zero-order valence-electron chi connectivity index (χ0n) is 12.1. The molecule has 0 bridgehead atoms. The van der Waals surface area contributed by atoms with Crippen molar-refractivity contribution in [2.75, 3.05) is 6.54 Å². The van der Waals surface area contributed by atoms with Crippen LogP contribution >= 0.6 is 0 Å². The lowest BCUT2D eigenvalue weighted by atomic mass is 9.84. The summed E-state index contributed by atoms with van der Waals surface area (Å²) in [7, 11) is 0. The van der Waals surface area contributed by atoms with Crippen molar-refractivity contribution in [2.45, 2.75) is 90.5 Å². The third kappa shape index (κ3) is 7.08. The second kappa shape index (κ2) is 9.94. The molecule has 0 aromatic heterocycles. The predicted molar refractivity (Wildman–Crippen MR) is 77.4 cm³/mol. The highest BCUT2D eigenvalue weighted by molar-refractivity contribution is 4.74. The van der Waals surface area contributed by atoms with Gasteiger partial charge < -0.3 is 5.32 Å². The third-order valence-electron chi connectivity index (χ3n) is 4.24. The molecule has 1 fully saturated rings. The smallest absolute Gasteiger partial charge is 0.00695 e. The molecule has 0 aromatic rings. The molecule has 1 atom stereocenters. The Morgan fingerprint density at radius 3 is 2.41 bits per heavy atom. The maximum absolute atomic E-state index is 3.71. The first-order valence-electron chi connectivity index (χ1n) is 8.10. The summed E-state index contributed by atoms with van der Waals surface area (Å²) in [4.78, 5) is 0. The summed E-state index contributed by atoms with van der Waals surface area (Å²) in [5, 5.41) is 3.71. The summed E-state index contributed by atoms with van der Waals surface area (Å²) in [6, 6.07) is 0.806. The Balaban J connectivity index is 2.16. The van der Waals surface area contributed by atoms with Crippen molar-refractivity contribution < 1.29 is 0 Å². The van der Waals surface area contributed by atoms with E-state index >= 15 is 0 Å². The van der Waals surface area contributed by atoms with Gasteiger partial charge in [0, 0.05) is 6.04 Å². The van der Waals surface area contributed by atoms with Gasteiger partial charge in [-0.3, -0.25) is 0 Å². The summed E-state index contributed by atoms with van der Waals surface area (Å²) >= 11 is 0. The van der Waals surface area contributed by atoms with E-state index in [4.69, 9.17) is 0 Å². The van der Waals surface area contributed by atoms with Gasteiger partial charge in [-0.25, -0.2) is 0 Å². The van der Waals surface area contributed by atoms with Crippen molar-refractivity contribution in [3.8, 4) is 0 Å². The van der Waals surface area contributed by atoms with E-state index in [9.17, 15) is 0 Å². The topological polar surface area (TPSA) is 12.0 Å². The van der Waals surface area contributed by atoms with Crippen LogP contribution in [0.5, 0.6) is 0 Å². The van der Waals surface area contributed by atoms with E-state index in [-0.39, 0.29) is 0 Å². The van der Waals surface area contributed by atoms with Crippen LogP contribution in [0, 0.1) is 5.92 Å². The molecule has 1 aliphatic carbocycles. The van der Waals surface area contributed by atoms with Crippen LogP contribution in [0.1, 0.15) is 84.5 Å². The maximum atomic E-state index is 3.71. The van der Waals surface area contributed by atoms with Crippen LogP contribution in [0.15, 0.2) is 0 Å². The van der Waals surface area contributed by atoms with E-state index in [2.05, 4.69) is 19.2 Å². The van der Waals surface area contributed by atoms with Crippen LogP contribution < -0.4 is 5.32 Å². The fourth-order valence-corrected chi connectivity index (χ4v) is 3.23. The van der Waals surface area contributed by atoms with E-state index < -0.39 is 0 Å². The second-order valence-corrected chi connectivity index (χ2v) is 5.84. The maximum Gasteiger partial charge on any atom is 0.00695 e. The molecule has 1 N–H and O–H groups in total. The molecule has 0 spiro atoms. The Bertz CT molecular complexity index is 161. The molecule has 0 radical (unpaired) electrons. The minimum absolute atomic E-state index is 0.806. The zero-order chi connectivity index (χ0) is 12.3. The lowest BCUT2D eigenvalue weighted by Gasteiger charge is -2.27. The first kappa shape index (κ1) is 15.0. The normalized spacial score (nSPS) is 19.4. The van der Waals surface area contributed by atoms with Crippen molar-refractivity contribution in [3.63, 3.8) is 0 Å². The second-order valence-electron chi connectivity index (χ2n) is 5.84. The van der Waals surface area contributed by atoms with Gasteiger partial charge in [-0.2, -0.15) is 0 Å². The zero-order valence-corrected chi connectivity index (χ0v) is 12.1. The summed E-state index contributed by atoms with van der Waals surface area (Å²) in [6.45, 7) is 5.69. The SMILES string of the molecule is CCCCCCC(CC1CCCCC1)NCC. The molecule has 1 rings (SSSR count). The van der Waals surface area contributed by atoms with Crippen molar-refractivity contribution in [1.82, 2.24) is 5.32 Å². The summed E-state index contributed by atoms with van der Waals surface area (Å²) in [5.74, 6) is 1.03. The van der Waals surface area contributed by atoms with Crippen molar-refractivity contribution in [3.05, 3.63) is 0 Å². The van der Waals surface area contributed by atoms with Crippen LogP contribution in [0.4, 0.5) is 0 Å². The third-order valence-corrected chi connectivity index (χ3v) is 4.24. The Morgan fingerprint density at radius 1 is 1.00 bits per heavy atom. The summed E-state index contributed by atoms with van der Waals surface area (Å²) in [5.41, 5.74) is 0. The highest BCUT2D eigenvalue weighted by Crippen LogP contribution is 2.28. The standard InChI is InChI=1S/C16H33N/c1-3-5-6-10-13-16(17-4-2)14-15-11-8-7-9-12-15/h15-17H,3-14H2,1-2H3.